The van der Waals surface area contributed by atoms with Crippen LogP contribution in [-0.2, 0) is 33.2 Å². The number of aliphatic hydroxyl groups excluding tert-OH is 11. The van der Waals surface area contributed by atoms with Gasteiger partial charge in [-0.1, -0.05) is 269 Å². The fourth-order valence-corrected chi connectivity index (χ4v) is 12.1. The summed E-state index contributed by atoms with van der Waals surface area (Å²) in [6.45, 7) is 1.57. The van der Waals surface area contributed by atoms with Gasteiger partial charge in [-0.15, -0.1) is 0 Å². The molecule has 0 spiro atoms. The van der Waals surface area contributed by atoms with Crippen molar-refractivity contribution in [2.24, 2.45) is 0 Å². The lowest BCUT2D eigenvalue weighted by Crippen LogP contribution is -2.66. The van der Waals surface area contributed by atoms with Crippen molar-refractivity contribution in [3.8, 4) is 0 Å². The van der Waals surface area contributed by atoms with Gasteiger partial charge in [-0.3, -0.25) is 4.79 Å². The van der Waals surface area contributed by atoms with Crippen LogP contribution < -0.4 is 5.32 Å². The van der Waals surface area contributed by atoms with E-state index in [9.17, 15) is 61.0 Å². The minimum absolute atomic E-state index is 0.170. The Morgan fingerprint density at radius 1 is 0.363 bits per heavy atom. The Bertz CT molecular complexity index is 2410. The van der Waals surface area contributed by atoms with Crippen LogP contribution in [-0.4, -0.2) is 193 Å². The van der Waals surface area contributed by atoms with Gasteiger partial charge in [0.2, 0.25) is 5.91 Å². The van der Waals surface area contributed by atoms with Crippen LogP contribution in [0.1, 0.15) is 239 Å². The number of hydrogen-bond acceptors (Lipinski definition) is 18. The van der Waals surface area contributed by atoms with Crippen molar-refractivity contribution in [2.75, 3.05) is 26.4 Å². The van der Waals surface area contributed by atoms with Gasteiger partial charge in [0, 0.05) is 6.42 Å². The highest BCUT2D eigenvalue weighted by Gasteiger charge is 2.53. The molecule has 0 saturated carbocycles. The van der Waals surface area contributed by atoms with Crippen LogP contribution in [0.5, 0.6) is 0 Å². The highest BCUT2D eigenvalue weighted by molar-refractivity contribution is 5.76. The minimum Gasteiger partial charge on any atom is -0.394 e. The van der Waals surface area contributed by atoms with Crippen molar-refractivity contribution in [3.63, 3.8) is 0 Å². The molecule has 12 N–H and O–H groups in total. The molecular formula is C83H137NO18. The summed E-state index contributed by atoms with van der Waals surface area (Å²) < 4.78 is 34.4. The van der Waals surface area contributed by atoms with E-state index in [2.05, 4.69) is 153 Å². The molecule has 102 heavy (non-hydrogen) atoms. The Morgan fingerprint density at radius 3 is 1.10 bits per heavy atom. The van der Waals surface area contributed by atoms with E-state index in [1.165, 1.54) is 109 Å². The zero-order valence-corrected chi connectivity index (χ0v) is 62.0. The van der Waals surface area contributed by atoms with Gasteiger partial charge in [0.15, 0.2) is 18.9 Å². The SMILES string of the molecule is CC/C=C\C/C=C\C/C=C\C/C=C\C/C=C\C/C=C\C/C=C\C/C=C\C/C=C\C/C=C\CCCCC(=O)NC(COC1OC(CO)C(OC2OC(CO)C(OC3OC(CO)C(O)C(O)C3O)C(O)C2O)C(O)C1O)C(O)/C=C/CC/C=C/CCCCCCCCCCCCCCCCCCCC. The number of nitrogens with one attached hydrogen (secondary N) is 1. The van der Waals surface area contributed by atoms with E-state index in [4.69, 9.17) is 28.4 Å². The van der Waals surface area contributed by atoms with Crippen LogP contribution >= 0.6 is 0 Å². The molecule has 17 atom stereocenters. The number of hydrogen-bond donors (Lipinski definition) is 12. The van der Waals surface area contributed by atoms with Crippen molar-refractivity contribution >= 4 is 5.91 Å². The van der Waals surface area contributed by atoms with Crippen molar-refractivity contribution in [2.45, 2.75) is 343 Å². The number of allylic oxidation sites excluding steroid dienone is 23. The topological polar surface area (TPSA) is 307 Å². The second-order valence-electron chi connectivity index (χ2n) is 27.1. The van der Waals surface area contributed by atoms with Gasteiger partial charge in [-0.2, -0.15) is 0 Å². The molecule has 582 valence electrons. The Kier molecular flexibility index (Phi) is 55.7. The second kappa shape index (κ2) is 61.8. The van der Waals surface area contributed by atoms with Gasteiger partial charge in [0.25, 0.3) is 0 Å². The molecular weight excluding hydrogens is 1300 g/mol. The fraction of sp³-hybridized carbons (Fsp3) is 0.699. The molecule has 17 unspecified atom stereocenters. The third kappa shape index (κ3) is 41.5. The number of carbonyl (C=O) groups excluding carboxylic acids is 1. The first-order valence-corrected chi connectivity index (χ1v) is 39.1. The summed E-state index contributed by atoms with van der Waals surface area (Å²) in [4.78, 5) is 13.4. The molecule has 3 aliphatic rings. The minimum atomic E-state index is -1.99. The van der Waals surface area contributed by atoms with Crippen LogP contribution in [0, 0.1) is 0 Å². The van der Waals surface area contributed by atoms with E-state index in [0.717, 1.165) is 96.3 Å². The van der Waals surface area contributed by atoms with Gasteiger partial charge in [0.1, 0.15) is 73.2 Å². The molecule has 0 aromatic carbocycles. The van der Waals surface area contributed by atoms with E-state index in [1.54, 1.807) is 6.08 Å². The normalized spacial score (nSPS) is 27.0. The summed E-state index contributed by atoms with van der Waals surface area (Å²) in [5, 5.41) is 121. The molecule has 3 fully saturated rings. The van der Waals surface area contributed by atoms with Crippen LogP contribution in [0.25, 0.3) is 0 Å². The molecule has 0 aromatic rings. The van der Waals surface area contributed by atoms with E-state index >= 15 is 0 Å². The van der Waals surface area contributed by atoms with Gasteiger partial charge in [0.05, 0.1) is 38.6 Å². The molecule has 0 aliphatic carbocycles. The molecule has 19 heteroatoms. The maximum atomic E-state index is 13.4. The van der Waals surface area contributed by atoms with Crippen LogP contribution in [0.4, 0.5) is 0 Å². The summed E-state index contributed by atoms with van der Waals surface area (Å²) in [7, 11) is 0. The molecule has 19 nitrogen and oxygen atoms in total. The second-order valence-corrected chi connectivity index (χ2v) is 27.1. The Hall–Kier alpha value is -4.33. The predicted molar refractivity (Wildman–Crippen MR) is 406 cm³/mol. The Morgan fingerprint density at radius 2 is 0.686 bits per heavy atom. The lowest BCUT2D eigenvalue weighted by Gasteiger charge is -2.48. The van der Waals surface area contributed by atoms with Gasteiger partial charge in [-0.25, -0.2) is 0 Å². The molecule has 3 heterocycles. The van der Waals surface area contributed by atoms with Crippen molar-refractivity contribution in [1.82, 2.24) is 5.32 Å². The predicted octanol–water partition coefficient (Wildman–Crippen LogP) is 12.7. The Labute approximate surface area is 613 Å². The van der Waals surface area contributed by atoms with Crippen molar-refractivity contribution in [3.05, 3.63) is 146 Å². The number of aliphatic hydroxyl groups is 11. The maximum absolute atomic E-state index is 13.4. The van der Waals surface area contributed by atoms with Gasteiger partial charge in [-0.05, 0) is 109 Å². The first-order chi connectivity index (χ1) is 49.8. The first kappa shape index (κ1) is 91.9. The van der Waals surface area contributed by atoms with Gasteiger partial charge >= 0.3 is 0 Å². The summed E-state index contributed by atoms with van der Waals surface area (Å²) in [5.74, 6) is -0.332. The monoisotopic (exact) mass is 1440 g/mol. The van der Waals surface area contributed by atoms with E-state index in [0.29, 0.717) is 12.8 Å². The van der Waals surface area contributed by atoms with Crippen LogP contribution in [0.3, 0.4) is 0 Å². The zero-order chi connectivity index (χ0) is 73.9. The average Bonchev–Trinajstić information content (AvgIpc) is 0.781. The lowest BCUT2D eigenvalue weighted by molar-refractivity contribution is -0.379. The molecule has 3 rings (SSSR count). The molecule has 3 saturated heterocycles. The van der Waals surface area contributed by atoms with E-state index in [1.807, 2.05) is 6.08 Å². The summed E-state index contributed by atoms with van der Waals surface area (Å²) in [6, 6.07) is -1.03. The van der Waals surface area contributed by atoms with Crippen molar-refractivity contribution < 1.29 is 89.4 Å². The molecule has 0 bridgehead atoms. The summed E-state index contributed by atoms with van der Waals surface area (Å²) >= 11 is 0. The van der Waals surface area contributed by atoms with E-state index < -0.39 is 131 Å². The number of rotatable bonds is 59. The highest BCUT2D eigenvalue weighted by Crippen LogP contribution is 2.33. The fourth-order valence-electron chi connectivity index (χ4n) is 12.1. The van der Waals surface area contributed by atoms with E-state index in [-0.39, 0.29) is 12.3 Å². The third-order valence-corrected chi connectivity index (χ3v) is 18.4. The highest BCUT2D eigenvalue weighted by atomic mass is 16.8. The zero-order valence-electron chi connectivity index (χ0n) is 62.0. The van der Waals surface area contributed by atoms with Crippen molar-refractivity contribution in [1.29, 1.82) is 0 Å². The summed E-state index contributed by atoms with van der Waals surface area (Å²) in [5.41, 5.74) is 0. The quantitative estimate of drug-likeness (QED) is 0.0199. The molecule has 3 aliphatic heterocycles. The van der Waals surface area contributed by atoms with Crippen LogP contribution in [0.2, 0.25) is 0 Å². The molecule has 0 aromatic heterocycles. The Balaban J connectivity index is 1.43. The maximum Gasteiger partial charge on any atom is 0.220 e. The third-order valence-electron chi connectivity index (χ3n) is 18.4. The number of carbonyl (C=O) groups is 1. The molecule has 1 amide bonds. The molecule has 0 radical (unpaired) electrons. The first-order valence-electron chi connectivity index (χ1n) is 39.1. The number of unbranched alkanes of at least 4 members (excludes halogenated alkanes) is 21. The number of amides is 1. The standard InChI is InChI=1S/C83H137NO18/c1-3-5-7-9-11-13-15-17-19-21-23-25-27-29-30-31-32-33-34-35-36-37-39-41-43-45-47-49-51-53-55-57-59-61-71(89)84-66(67(88)60-58-56-54-52-50-48-46-44-42-40-38-28-26-24-22-20-18-16-14-12-10-8-6-4-2)65-97-81-77(95)74(92)79(69(63-86)99-81)102-83-78(96)75(93)80(70(64-87)100-83)101-82-76(94)73(91)72(90)68(62-85)98-82/h5,7,11,13,17,19,23,25,29-30,32-33,35-36,39,41,45,47,50-53,58,60,66-70,72-83,85-88,90-96H,3-4,6,8-10,12,14-16,18,20-22,24,26-28,31,34,37-38,40,42-44,46,48-49,54-57,59,61-65H2,1-2H3,(H,84,89)/b7-5-,13-11-,19-17-,25-23-,30-29-,33-32-,36-35-,41-39-,47-45-,52-50+,53-51-,60-58+. The largest absolute Gasteiger partial charge is 0.394 e. The number of ether oxygens (including phenoxy) is 6. The van der Waals surface area contributed by atoms with Crippen LogP contribution in [0.15, 0.2) is 146 Å². The van der Waals surface area contributed by atoms with Gasteiger partial charge < -0.3 is 89.9 Å². The average molecular weight is 1440 g/mol. The summed E-state index contributed by atoms with van der Waals surface area (Å²) in [6.07, 6.45) is 62.5. The lowest BCUT2D eigenvalue weighted by atomic mass is 9.96. The smallest absolute Gasteiger partial charge is 0.220 e.